The average molecular weight is 338 g/mol. The molecule has 0 saturated carbocycles. The fraction of sp³-hybridized carbons (Fsp3) is 0.571. The third-order valence-corrected chi connectivity index (χ3v) is 3.56. The van der Waals surface area contributed by atoms with Gasteiger partial charge in [0.05, 0.1) is 5.56 Å². The molecule has 0 bridgehead atoms. The summed E-state index contributed by atoms with van der Waals surface area (Å²) in [5, 5.41) is 3.13. The largest absolute Gasteiger partial charge is 0.416 e. The molecule has 108 valence electrons. The molecular weight excluding hydrogens is 319 g/mol. The lowest BCUT2D eigenvalue weighted by atomic mass is 10.0. The molecule has 1 N–H and O–H groups in total. The first-order chi connectivity index (χ1) is 8.70. The molecule has 1 unspecified atom stereocenters. The summed E-state index contributed by atoms with van der Waals surface area (Å²) in [6.45, 7) is 6.24. The van der Waals surface area contributed by atoms with E-state index in [2.05, 4.69) is 35.1 Å². The molecule has 0 saturated heterocycles. The van der Waals surface area contributed by atoms with Crippen molar-refractivity contribution in [2.24, 2.45) is 5.92 Å². The van der Waals surface area contributed by atoms with Crippen LogP contribution in [0, 0.1) is 5.92 Å². The summed E-state index contributed by atoms with van der Waals surface area (Å²) in [6.07, 6.45) is -2.33. The van der Waals surface area contributed by atoms with Crippen LogP contribution in [0.15, 0.2) is 22.7 Å². The fourth-order valence-electron chi connectivity index (χ4n) is 1.73. The van der Waals surface area contributed by atoms with Gasteiger partial charge in [0.2, 0.25) is 0 Å². The minimum absolute atomic E-state index is 0.141. The zero-order valence-corrected chi connectivity index (χ0v) is 12.9. The molecule has 0 fully saturated rings. The molecule has 0 aliphatic carbocycles. The molecule has 0 aliphatic heterocycles. The molecule has 1 nitrogen and oxygen atoms in total. The zero-order valence-electron chi connectivity index (χ0n) is 11.3. The van der Waals surface area contributed by atoms with E-state index in [0.29, 0.717) is 16.1 Å². The van der Waals surface area contributed by atoms with Crippen LogP contribution in [0.2, 0.25) is 0 Å². The number of hydrogen-bond acceptors (Lipinski definition) is 1. The monoisotopic (exact) mass is 337 g/mol. The summed E-state index contributed by atoms with van der Waals surface area (Å²) in [5.74, 6) is 0.592. The Hall–Kier alpha value is -0.710. The van der Waals surface area contributed by atoms with Crippen molar-refractivity contribution in [3.8, 4) is 0 Å². The molecule has 0 aliphatic rings. The fourth-order valence-corrected chi connectivity index (χ4v) is 2.09. The molecule has 1 aromatic carbocycles. The summed E-state index contributed by atoms with van der Waals surface area (Å²) in [4.78, 5) is 0. The van der Waals surface area contributed by atoms with Gasteiger partial charge in [-0.15, -0.1) is 0 Å². The van der Waals surface area contributed by atoms with Crippen LogP contribution in [0.5, 0.6) is 0 Å². The molecular formula is C14H19BrF3N. The lowest BCUT2D eigenvalue weighted by Crippen LogP contribution is -2.17. The first-order valence-electron chi connectivity index (χ1n) is 6.33. The van der Waals surface area contributed by atoms with Crippen LogP contribution < -0.4 is 5.32 Å². The zero-order chi connectivity index (χ0) is 14.6. The van der Waals surface area contributed by atoms with Crippen LogP contribution in [0.4, 0.5) is 18.9 Å². The van der Waals surface area contributed by atoms with Gasteiger partial charge in [-0.1, -0.05) is 13.8 Å². The highest BCUT2D eigenvalue weighted by Crippen LogP contribution is 2.34. The van der Waals surface area contributed by atoms with Crippen LogP contribution >= 0.6 is 15.9 Å². The van der Waals surface area contributed by atoms with Crippen molar-refractivity contribution in [1.29, 1.82) is 0 Å². The molecule has 1 rings (SSSR count). The van der Waals surface area contributed by atoms with E-state index in [-0.39, 0.29) is 6.04 Å². The van der Waals surface area contributed by atoms with E-state index < -0.39 is 11.7 Å². The normalized spacial score (nSPS) is 13.7. The number of anilines is 1. The van der Waals surface area contributed by atoms with Crippen molar-refractivity contribution in [3.05, 3.63) is 28.2 Å². The van der Waals surface area contributed by atoms with Gasteiger partial charge in [-0.3, -0.25) is 0 Å². The van der Waals surface area contributed by atoms with Crippen LogP contribution in [-0.4, -0.2) is 6.04 Å². The number of benzene rings is 1. The lowest BCUT2D eigenvalue weighted by molar-refractivity contribution is -0.137. The summed E-state index contributed by atoms with van der Waals surface area (Å²) < 4.78 is 38.6. The van der Waals surface area contributed by atoms with Crippen LogP contribution in [0.25, 0.3) is 0 Å². The van der Waals surface area contributed by atoms with Crippen molar-refractivity contribution in [1.82, 2.24) is 0 Å². The van der Waals surface area contributed by atoms with Crippen molar-refractivity contribution >= 4 is 21.6 Å². The van der Waals surface area contributed by atoms with Crippen molar-refractivity contribution in [3.63, 3.8) is 0 Å². The first kappa shape index (κ1) is 16.3. The van der Waals surface area contributed by atoms with Gasteiger partial charge in [0.25, 0.3) is 0 Å². The van der Waals surface area contributed by atoms with E-state index in [0.717, 1.165) is 25.0 Å². The Labute approximate surface area is 120 Å². The molecule has 0 aromatic heterocycles. The van der Waals surface area contributed by atoms with E-state index in [1.54, 1.807) is 0 Å². The summed E-state index contributed by atoms with van der Waals surface area (Å²) in [5.41, 5.74) is -0.139. The molecule has 0 amide bonds. The molecule has 19 heavy (non-hydrogen) atoms. The number of halogens is 4. The predicted molar refractivity (Wildman–Crippen MR) is 76.3 cm³/mol. The topological polar surface area (TPSA) is 12.0 Å². The standard InChI is InChI=1S/C14H19BrF3N/c1-9(2)4-5-10(3)19-13-8-11(14(16,17)18)6-7-12(13)15/h6-10,19H,4-5H2,1-3H3. The van der Waals surface area contributed by atoms with Gasteiger partial charge in [0, 0.05) is 16.2 Å². The van der Waals surface area contributed by atoms with Gasteiger partial charge in [0.1, 0.15) is 0 Å². The minimum Gasteiger partial charge on any atom is -0.382 e. The Morgan fingerprint density at radius 1 is 1.16 bits per heavy atom. The van der Waals surface area contributed by atoms with Gasteiger partial charge >= 0.3 is 6.18 Å². The lowest BCUT2D eigenvalue weighted by Gasteiger charge is -2.18. The van der Waals surface area contributed by atoms with E-state index >= 15 is 0 Å². The Bertz CT molecular complexity index is 416. The van der Waals surface area contributed by atoms with Crippen LogP contribution in [0.1, 0.15) is 39.2 Å². The Balaban J connectivity index is 2.77. The second kappa shape index (κ2) is 6.64. The van der Waals surface area contributed by atoms with Crippen LogP contribution in [0.3, 0.4) is 0 Å². The quantitative estimate of drug-likeness (QED) is 0.726. The third-order valence-electron chi connectivity index (χ3n) is 2.87. The first-order valence-corrected chi connectivity index (χ1v) is 7.12. The SMILES string of the molecule is CC(C)CCC(C)Nc1cc(C(F)(F)F)ccc1Br. The van der Waals surface area contributed by atoms with Crippen LogP contribution in [-0.2, 0) is 6.18 Å². The van der Waals surface area contributed by atoms with Gasteiger partial charge in [-0.2, -0.15) is 13.2 Å². The number of rotatable bonds is 5. The third kappa shape index (κ3) is 5.43. The maximum absolute atomic E-state index is 12.6. The molecule has 5 heteroatoms. The molecule has 0 heterocycles. The molecule has 0 radical (unpaired) electrons. The highest BCUT2D eigenvalue weighted by atomic mass is 79.9. The van der Waals surface area contributed by atoms with Gasteiger partial charge in [0.15, 0.2) is 0 Å². The number of hydrogen-bond donors (Lipinski definition) is 1. The Morgan fingerprint density at radius 3 is 2.32 bits per heavy atom. The van der Waals surface area contributed by atoms with Crippen molar-refractivity contribution < 1.29 is 13.2 Å². The number of nitrogens with one attached hydrogen (secondary N) is 1. The second-order valence-corrected chi connectivity index (χ2v) is 6.06. The summed E-state index contributed by atoms with van der Waals surface area (Å²) in [7, 11) is 0. The molecule has 1 atom stereocenters. The number of alkyl halides is 3. The maximum Gasteiger partial charge on any atom is 0.416 e. The molecule has 1 aromatic rings. The van der Waals surface area contributed by atoms with E-state index in [1.165, 1.54) is 6.07 Å². The Morgan fingerprint density at radius 2 is 1.79 bits per heavy atom. The highest BCUT2D eigenvalue weighted by Gasteiger charge is 2.31. The van der Waals surface area contributed by atoms with Crippen molar-refractivity contribution in [2.75, 3.05) is 5.32 Å². The van der Waals surface area contributed by atoms with Gasteiger partial charge in [-0.05, 0) is 59.8 Å². The van der Waals surface area contributed by atoms with Gasteiger partial charge < -0.3 is 5.32 Å². The average Bonchev–Trinajstić information content (AvgIpc) is 2.28. The van der Waals surface area contributed by atoms with E-state index in [4.69, 9.17) is 0 Å². The predicted octanol–water partition coefficient (Wildman–Crippen LogP) is 5.70. The van der Waals surface area contributed by atoms with E-state index in [1.807, 2.05) is 6.92 Å². The smallest absolute Gasteiger partial charge is 0.382 e. The summed E-state index contributed by atoms with van der Waals surface area (Å²) >= 11 is 3.28. The molecule has 0 spiro atoms. The second-order valence-electron chi connectivity index (χ2n) is 5.21. The van der Waals surface area contributed by atoms with Crippen molar-refractivity contribution in [2.45, 2.75) is 45.8 Å². The highest BCUT2D eigenvalue weighted by molar-refractivity contribution is 9.10. The summed E-state index contributed by atoms with van der Waals surface area (Å²) in [6, 6.07) is 3.80. The maximum atomic E-state index is 12.6. The Kier molecular flexibility index (Phi) is 5.71. The van der Waals surface area contributed by atoms with Gasteiger partial charge in [-0.25, -0.2) is 0 Å². The van der Waals surface area contributed by atoms with E-state index in [9.17, 15) is 13.2 Å². The minimum atomic E-state index is -4.31.